The molecule has 0 aliphatic heterocycles. The highest BCUT2D eigenvalue weighted by atomic mass is 16.5. The summed E-state index contributed by atoms with van der Waals surface area (Å²) in [4.78, 5) is 2.47. The number of hydrogen-bond acceptors (Lipinski definition) is 3. The van der Waals surface area contributed by atoms with Gasteiger partial charge >= 0.3 is 0 Å². The number of nitrogens with zero attached hydrogens (tertiary/aromatic N) is 1. The topological polar surface area (TPSA) is 32.7 Å². The van der Waals surface area contributed by atoms with Crippen molar-refractivity contribution < 1.29 is 9.84 Å². The average Bonchev–Trinajstić information content (AvgIpc) is 2.43. The number of aliphatic hydroxyl groups is 1. The van der Waals surface area contributed by atoms with Crippen LogP contribution in [0.4, 0.5) is 0 Å². The fourth-order valence-electron chi connectivity index (χ4n) is 2.80. The van der Waals surface area contributed by atoms with Crippen LogP contribution in [-0.4, -0.2) is 35.7 Å². The molecule has 0 heterocycles. The van der Waals surface area contributed by atoms with Crippen LogP contribution in [0, 0.1) is 11.8 Å². The van der Waals surface area contributed by atoms with Gasteiger partial charge in [-0.2, -0.15) is 0 Å². The number of rotatable bonds is 10. The van der Waals surface area contributed by atoms with Gasteiger partial charge in [0.25, 0.3) is 0 Å². The standard InChI is InChI=1S/C20H35NO2/c1-15(2)13-21(14-16(3)4)12-11-20(22)18-7-9-19(10-8-18)23-17(5)6/h7-10,15-17,20,22H,11-14H2,1-6H3. The zero-order valence-electron chi connectivity index (χ0n) is 15.7. The fraction of sp³-hybridized carbons (Fsp3) is 0.700. The predicted octanol–water partition coefficient (Wildman–Crippen LogP) is 4.51. The van der Waals surface area contributed by atoms with Crippen molar-refractivity contribution >= 4 is 0 Å². The van der Waals surface area contributed by atoms with Crippen molar-refractivity contribution in [2.45, 2.75) is 60.2 Å². The molecule has 1 rings (SSSR count). The summed E-state index contributed by atoms with van der Waals surface area (Å²) in [7, 11) is 0. The molecular weight excluding hydrogens is 286 g/mol. The lowest BCUT2D eigenvalue weighted by Crippen LogP contribution is -2.33. The molecule has 0 aromatic heterocycles. The second-order valence-electron chi connectivity index (χ2n) is 7.59. The van der Waals surface area contributed by atoms with E-state index in [1.54, 1.807) is 0 Å². The first-order valence-electron chi connectivity index (χ1n) is 8.95. The van der Waals surface area contributed by atoms with E-state index in [1.807, 2.05) is 38.1 Å². The van der Waals surface area contributed by atoms with Crippen LogP contribution in [0.15, 0.2) is 24.3 Å². The van der Waals surface area contributed by atoms with Crippen LogP contribution in [0.3, 0.4) is 0 Å². The van der Waals surface area contributed by atoms with E-state index in [4.69, 9.17) is 4.74 Å². The molecule has 1 unspecified atom stereocenters. The van der Waals surface area contributed by atoms with E-state index >= 15 is 0 Å². The third-order valence-corrected chi connectivity index (χ3v) is 3.60. The molecule has 3 heteroatoms. The van der Waals surface area contributed by atoms with Crippen LogP contribution in [0.5, 0.6) is 5.75 Å². The highest BCUT2D eigenvalue weighted by Gasteiger charge is 2.13. The van der Waals surface area contributed by atoms with Crippen LogP contribution < -0.4 is 4.74 Å². The number of hydrogen-bond donors (Lipinski definition) is 1. The first kappa shape index (κ1) is 20.0. The van der Waals surface area contributed by atoms with E-state index in [2.05, 4.69) is 32.6 Å². The quantitative estimate of drug-likeness (QED) is 0.688. The zero-order valence-corrected chi connectivity index (χ0v) is 15.7. The molecular formula is C20H35NO2. The second kappa shape index (κ2) is 9.94. The maximum atomic E-state index is 10.4. The third-order valence-electron chi connectivity index (χ3n) is 3.60. The molecule has 0 fully saturated rings. The smallest absolute Gasteiger partial charge is 0.119 e. The molecule has 0 saturated heterocycles. The summed E-state index contributed by atoms with van der Waals surface area (Å²) in [5.74, 6) is 2.16. The van der Waals surface area contributed by atoms with Crippen LogP contribution in [-0.2, 0) is 0 Å². The Morgan fingerprint density at radius 1 is 0.913 bits per heavy atom. The molecule has 0 spiro atoms. The molecule has 1 aromatic carbocycles. The minimum Gasteiger partial charge on any atom is -0.491 e. The molecule has 0 aliphatic rings. The molecule has 0 radical (unpaired) electrons. The maximum absolute atomic E-state index is 10.4. The Balaban J connectivity index is 2.54. The van der Waals surface area contributed by atoms with Gasteiger partial charge in [0.15, 0.2) is 0 Å². The number of ether oxygens (including phenoxy) is 1. The van der Waals surface area contributed by atoms with E-state index in [0.29, 0.717) is 11.8 Å². The first-order chi connectivity index (χ1) is 10.8. The van der Waals surface area contributed by atoms with Gasteiger partial charge in [-0.25, -0.2) is 0 Å². The Hall–Kier alpha value is -1.06. The van der Waals surface area contributed by atoms with Crippen molar-refractivity contribution in [3.05, 3.63) is 29.8 Å². The monoisotopic (exact) mass is 321 g/mol. The van der Waals surface area contributed by atoms with Gasteiger partial charge in [-0.3, -0.25) is 0 Å². The second-order valence-corrected chi connectivity index (χ2v) is 7.59. The number of aliphatic hydroxyl groups excluding tert-OH is 1. The van der Waals surface area contributed by atoms with Gasteiger partial charge in [0.1, 0.15) is 5.75 Å². The molecule has 1 N–H and O–H groups in total. The Labute approximate surface area is 142 Å². The Morgan fingerprint density at radius 3 is 1.87 bits per heavy atom. The van der Waals surface area contributed by atoms with E-state index < -0.39 is 6.10 Å². The highest BCUT2D eigenvalue weighted by molar-refractivity contribution is 5.28. The van der Waals surface area contributed by atoms with E-state index in [0.717, 1.165) is 37.4 Å². The minimum atomic E-state index is -0.412. The van der Waals surface area contributed by atoms with Gasteiger partial charge in [0, 0.05) is 19.6 Å². The van der Waals surface area contributed by atoms with Crippen molar-refractivity contribution in [1.29, 1.82) is 0 Å². The Morgan fingerprint density at radius 2 is 1.43 bits per heavy atom. The summed E-state index contributed by atoms with van der Waals surface area (Å²) in [5, 5.41) is 10.4. The normalized spacial score (nSPS) is 13.3. The molecule has 0 aliphatic carbocycles. The zero-order chi connectivity index (χ0) is 17.4. The predicted molar refractivity (Wildman–Crippen MR) is 97.9 cm³/mol. The molecule has 132 valence electrons. The summed E-state index contributed by atoms with van der Waals surface area (Å²) < 4.78 is 5.64. The summed E-state index contributed by atoms with van der Waals surface area (Å²) in [6, 6.07) is 7.83. The summed E-state index contributed by atoms with van der Waals surface area (Å²) in [5.41, 5.74) is 0.968. The SMILES string of the molecule is CC(C)CN(CCC(O)c1ccc(OC(C)C)cc1)CC(C)C. The van der Waals surface area contributed by atoms with Crippen molar-refractivity contribution in [3.63, 3.8) is 0 Å². The van der Waals surface area contributed by atoms with E-state index in [-0.39, 0.29) is 6.10 Å². The molecule has 0 bridgehead atoms. The van der Waals surface area contributed by atoms with E-state index in [1.165, 1.54) is 0 Å². The summed E-state index contributed by atoms with van der Waals surface area (Å²) in [6.07, 6.45) is 0.528. The largest absolute Gasteiger partial charge is 0.491 e. The van der Waals surface area contributed by atoms with Gasteiger partial charge in [-0.15, -0.1) is 0 Å². The van der Waals surface area contributed by atoms with Gasteiger partial charge in [-0.1, -0.05) is 39.8 Å². The highest BCUT2D eigenvalue weighted by Crippen LogP contribution is 2.21. The van der Waals surface area contributed by atoms with Gasteiger partial charge < -0.3 is 14.7 Å². The van der Waals surface area contributed by atoms with Crippen molar-refractivity contribution in [2.24, 2.45) is 11.8 Å². The lowest BCUT2D eigenvalue weighted by molar-refractivity contribution is 0.131. The van der Waals surface area contributed by atoms with Gasteiger partial charge in [-0.05, 0) is 49.8 Å². The fourth-order valence-corrected chi connectivity index (χ4v) is 2.80. The summed E-state index contributed by atoms with van der Waals surface area (Å²) in [6.45, 7) is 16.1. The van der Waals surface area contributed by atoms with Crippen molar-refractivity contribution in [1.82, 2.24) is 4.90 Å². The molecule has 3 nitrogen and oxygen atoms in total. The van der Waals surface area contributed by atoms with Crippen LogP contribution in [0.25, 0.3) is 0 Å². The lowest BCUT2D eigenvalue weighted by atomic mass is 10.1. The van der Waals surface area contributed by atoms with Crippen molar-refractivity contribution in [3.8, 4) is 5.75 Å². The Kier molecular flexibility index (Phi) is 8.64. The van der Waals surface area contributed by atoms with Crippen LogP contribution in [0.1, 0.15) is 59.6 Å². The molecule has 1 atom stereocenters. The molecule has 1 aromatic rings. The van der Waals surface area contributed by atoms with Gasteiger partial charge in [0.05, 0.1) is 12.2 Å². The van der Waals surface area contributed by atoms with Crippen LogP contribution in [0.2, 0.25) is 0 Å². The average molecular weight is 322 g/mol. The van der Waals surface area contributed by atoms with E-state index in [9.17, 15) is 5.11 Å². The summed E-state index contributed by atoms with van der Waals surface area (Å²) >= 11 is 0. The molecule has 23 heavy (non-hydrogen) atoms. The lowest BCUT2D eigenvalue weighted by Gasteiger charge is -2.27. The van der Waals surface area contributed by atoms with Crippen molar-refractivity contribution in [2.75, 3.05) is 19.6 Å². The third kappa shape index (κ3) is 8.38. The molecule has 0 saturated carbocycles. The first-order valence-corrected chi connectivity index (χ1v) is 8.95. The number of benzene rings is 1. The molecule has 0 amide bonds. The Bertz CT molecular complexity index is 416. The van der Waals surface area contributed by atoms with Gasteiger partial charge in [0.2, 0.25) is 0 Å². The minimum absolute atomic E-state index is 0.173. The van der Waals surface area contributed by atoms with Crippen LogP contribution >= 0.6 is 0 Å². The maximum Gasteiger partial charge on any atom is 0.119 e.